The van der Waals surface area contributed by atoms with Crippen LogP contribution < -0.4 is 0 Å². The van der Waals surface area contributed by atoms with E-state index in [0.717, 1.165) is 5.56 Å². The van der Waals surface area contributed by atoms with Crippen molar-refractivity contribution in [1.82, 2.24) is 9.55 Å². The topological polar surface area (TPSA) is 64.3 Å². The summed E-state index contributed by atoms with van der Waals surface area (Å²) in [6.07, 6.45) is 1.28. The molecular formula is C13H11FN2O3. The molecule has 0 fully saturated rings. The number of aromatic nitrogens is 2. The number of imidazole rings is 1. The van der Waals surface area contributed by atoms with E-state index in [9.17, 15) is 9.18 Å². The van der Waals surface area contributed by atoms with E-state index in [1.807, 2.05) is 0 Å². The Morgan fingerprint density at radius 1 is 1.42 bits per heavy atom. The Balaban J connectivity index is 1.86. The van der Waals surface area contributed by atoms with Crippen LogP contribution in [-0.2, 0) is 17.9 Å². The summed E-state index contributed by atoms with van der Waals surface area (Å²) in [5.74, 6) is -1.35. The van der Waals surface area contributed by atoms with Crippen molar-refractivity contribution in [1.29, 1.82) is 0 Å². The molecule has 1 unspecified atom stereocenters. The Hall–Kier alpha value is -2.21. The third kappa shape index (κ3) is 2.10. The SMILES string of the molecule is O=C(O)c1ncn2c1COC(c1ccc(F)cc1)C2. The lowest BCUT2D eigenvalue weighted by Gasteiger charge is -2.25. The molecule has 2 heterocycles. The Bertz CT molecular complexity index is 621. The van der Waals surface area contributed by atoms with Crippen molar-refractivity contribution in [2.75, 3.05) is 0 Å². The van der Waals surface area contributed by atoms with Crippen molar-refractivity contribution >= 4 is 5.97 Å². The second kappa shape index (κ2) is 4.47. The molecule has 0 amide bonds. The number of fused-ring (bicyclic) bond motifs is 1. The van der Waals surface area contributed by atoms with E-state index in [4.69, 9.17) is 9.84 Å². The van der Waals surface area contributed by atoms with Crippen LogP contribution in [-0.4, -0.2) is 20.6 Å². The number of benzene rings is 1. The van der Waals surface area contributed by atoms with Crippen molar-refractivity contribution in [2.24, 2.45) is 0 Å². The zero-order valence-electron chi connectivity index (χ0n) is 9.91. The summed E-state index contributed by atoms with van der Waals surface area (Å²) < 4.78 is 20.3. The van der Waals surface area contributed by atoms with Gasteiger partial charge in [0.05, 0.1) is 25.2 Å². The average molecular weight is 262 g/mol. The first-order chi connectivity index (χ1) is 9.15. The number of carboxylic acid groups (broad SMARTS) is 1. The fourth-order valence-corrected chi connectivity index (χ4v) is 2.18. The lowest BCUT2D eigenvalue weighted by molar-refractivity contribution is 0.00216. The quantitative estimate of drug-likeness (QED) is 0.899. The van der Waals surface area contributed by atoms with E-state index >= 15 is 0 Å². The Kier molecular flexibility index (Phi) is 2.79. The van der Waals surface area contributed by atoms with Crippen molar-refractivity contribution in [3.63, 3.8) is 0 Å². The average Bonchev–Trinajstić information content (AvgIpc) is 2.82. The smallest absolute Gasteiger partial charge is 0.356 e. The van der Waals surface area contributed by atoms with E-state index in [-0.39, 0.29) is 24.2 Å². The summed E-state index contributed by atoms with van der Waals surface area (Å²) in [5, 5.41) is 8.97. The summed E-state index contributed by atoms with van der Waals surface area (Å²) in [6, 6.07) is 6.09. The summed E-state index contributed by atoms with van der Waals surface area (Å²) in [5.41, 5.74) is 1.45. The molecule has 0 aliphatic carbocycles. The largest absolute Gasteiger partial charge is 0.476 e. The summed E-state index contributed by atoms with van der Waals surface area (Å²) in [6.45, 7) is 0.658. The fraction of sp³-hybridized carbons (Fsp3) is 0.231. The minimum Gasteiger partial charge on any atom is -0.476 e. The zero-order chi connectivity index (χ0) is 13.4. The normalized spacial score (nSPS) is 18.1. The molecule has 1 N–H and O–H groups in total. The van der Waals surface area contributed by atoms with E-state index in [0.29, 0.717) is 12.2 Å². The first-order valence-corrected chi connectivity index (χ1v) is 5.79. The molecule has 6 heteroatoms. The molecule has 1 atom stereocenters. The molecule has 0 bridgehead atoms. The van der Waals surface area contributed by atoms with Crippen LogP contribution >= 0.6 is 0 Å². The van der Waals surface area contributed by atoms with Crippen molar-refractivity contribution in [3.05, 3.63) is 53.4 Å². The van der Waals surface area contributed by atoms with Crippen LogP contribution in [0.1, 0.15) is 27.8 Å². The molecule has 1 aromatic heterocycles. The highest BCUT2D eigenvalue weighted by Crippen LogP contribution is 2.27. The van der Waals surface area contributed by atoms with Gasteiger partial charge in [0.25, 0.3) is 0 Å². The van der Waals surface area contributed by atoms with Gasteiger partial charge in [-0.3, -0.25) is 0 Å². The van der Waals surface area contributed by atoms with Crippen LogP contribution in [0.5, 0.6) is 0 Å². The number of carbonyl (C=O) groups is 1. The molecule has 0 saturated heterocycles. The fourth-order valence-electron chi connectivity index (χ4n) is 2.18. The van der Waals surface area contributed by atoms with Gasteiger partial charge in [0.2, 0.25) is 0 Å². The minimum atomic E-state index is -1.06. The maximum atomic E-state index is 12.9. The maximum absolute atomic E-state index is 12.9. The van der Waals surface area contributed by atoms with Gasteiger partial charge in [-0.15, -0.1) is 0 Å². The van der Waals surface area contributed by atoms with Gasteiger partial charge < -0.3 is 14.4 Å². The first kappa shape index (κ1) is 11.9. The van der Waals surface area contributed by atoms with Crippen LogP contribution in [0.15, 0.2) is 30.6 Å². The molecule has 0 saturated carbocycles. The predicted molar refractivity (Wildman–Crippen MR) is 63.1 cm³/mol. The van der Waals surface area contributed by atoms with Crippen molar-refractivity contribution in [3.8, 4) is 0 Å². The van der Waals surface area contributed by atoms with Crippen LogP contribution in [0.25, 0.3) is 0 Å². The molecule has 5 nitrogen and oxygen atoms in total. The van der Waals surface area contributed by atoms with Gasteiger partial charge in [0.1, 0.15) is 11.9 Å². The number of nitrogens with zero attached hydrogens (tertiary/aromatic N) is 2. The highest BCUT2D eigenvalue weighted by Gasteiger charge is 2.25. The zero-order valence-corrected chi connectivity index (χ0v) is 9.91. The molecule has 1 aliphatic rings. The second-order valence-electron chi connectivity index (χ2n) is 4.35. The van der Waals surface area contributed by atoms with Gasteiger partial charge >= 0.3 is 5.97 Å². The molecular weight excluding hydrogens is 251 g/mol. The monoisotopic (exact) mass is 262 g/mol. The van der Waals surface area contributed by atoms with E-state index in [1.54, 1.807) is 16.7 Å². The predicted octanol–water partition coefficient (Wildman–Crippen LogP) is 1.99. The third-order valence-electron chi connectivity index (χ3n) is 3.17. The van der Waals surface area contributed by atoms with Crippen LogP contribution in [0, 0.1) is 5.82 Å². The highest BCUT2D eigenvalue weighted by atomic mass is 19.1. The lowest BCUT2D eigenvalue weighted by Crippen LogP contribution is -2.21. The standard InChI is InChI=1S/C13H11FN2O3/c14-9-3-1-8(2-4-9)11-5-16-7-15-12(13(17)18)10(16)6-19-11/h1-4,7,11H,5-6H2,(H,17,18). The molecule has 2 aromatic rings. The number of carboxylic acids is 1. The summed E-state index contributed by atoms with van der Waals surface area (Å²) in [4.78, 5) is 14.8. The molecule has 0 spiro atoms. The summed E-state index contributed by atoms with van der Waals surface area (Å²) >= 11 is 0. The molecule has 19 heavy (non-hydrogen) atoms. The number of hydrogen-bond donors (Lipinski definition) is 1. The van der Waals surface area contributed by atoms with E-state index < -0.39 is 5.97 Å². The van der Waals surface area contributed by atoms with Gasteiger partial charge in [0.15, 0.2) is 5.69 Å². The minimum absolute atomic E-state index is 0.0255. The van der Waals surface area contributed by atoms with E-state index in [2.05, 4.69) is 4.98 Å². The number of halogens is 1. The van der Waals surface area contributed by atoms with Crippen LogP contribution in [0.2, 0.25) is 0 Å². The Morgan fingerprint density at radius 3 is 2.84 bits per heavy atom. The number of aromatic carboxylic acids is 1. The van der Waals surface area contributed by atoms with Crippen molar-refractivity contribution in [2.45, 2.75) is 19.3 Å². The molecule has 1 aromatic carbocycles. The number of rotatable bonds is 2. The van der Waals surface area contributed by atoms with Gasteiger partial charge in [0, 0.05) is 0 Å². The van der Waals surface area contributed by atoms with Gasteiger partial charge in [-0.05, 0) is 17.7 Å². The summed E-state index contributed by atoms with van der Waals surface area (Å²) in [7, 11) is 0. The molecule has 3 rings (SSSR count). The third-order valence-corrected chi connectivity index (χ3v) is 3.17. The Labute approximate surface area is 108 Å². The van der Waals surface area contributed by atoms with Crippen LogP contribution in [0.4, 0.5) is 4.39 Å². The maximum Gasteiger partial charge on any atom is 0.356 e. The van der Waals surface area contributed by atoms with Crippen LogP contribution in [0.3, 0.4) is 0 Å². The number of hydrogen-bond acceptors (Lipinski definition) is 3. The number of ether oxygens (including phenoxy) is 1. The van der Waals surface area contributed by atoms with E-state index in [1.165, 1.54) is 18.5 Å². The lowest BCUT2D eigenvalue weighted by atomic mass is 10.1. The first-order valence-electron chi connectivity index (χ1n) is 5.79. The molecule has 0 radical (unpaired) electrons. The highest BCUT2D eigenvalue weighted by molar-refractivity contribution is 5.86. The van der Waals surface area contributed by atoms with Gasteiger partial charge in [-0.25, -0.2) is 14.2 Å². The Morgan fingerprint density at radius 2 is 2.16 bits per heavy atom. The van der Waals surface area contributed by atoms with Gasteiger partial charge in [-0.1, -0.05) is 12.1 Å². The molecule has 1 aliphatic heterocycles. The van der Waals surface area contributed by atoms with Crippen molar-refractivity contribution < 1.29 is 19.0 Å². The second-order valence-corrected chi connectivity index (χ2v) is 4.35. The van der Waals surface area contributed by atoms with Gasteiger partial charge in [-0.2, -0.15) is 0 Å². The molecule has 98 valence electrons.